The Morgan fingerprint density at radius 3 is 2.74 bits per heavy atom. The maximum absolute atomic E-state index is 11.9. The molecule has 0 aliphatic rings. The quantitative estimate of drug-likeness (QED) is 0.798. The van der Waals surface area contributed by atoms with E-state index in [-0.39, 0.29) is 17.3 Å². The van der Waals surface area contributed by atoms with Crippen LogP contribution in [-0.4, -0.2) is 29.7 Å². The molecule has 3 N–H and O–H groups in total. The van der Waals surface area contributed by atoms with E-state index in [0.29, 0.717) is 6.42 Å². The van der Waals surface area contributed by atoms with Crippen molar-refractivity contribution in [2.24, 2.45) is 7.05 Å². The Balaban J connectivity index is 1.96. The molecule has 2 aromatic heterocycles. The van der Waals surface area contributed by atoms with Crippen LogP contribution in [-0.2, 0) is 23.5 Å². The zero-order valence-corrected chi connectivity index (χ0v) is 11.3. The summed E-state index contributed by atoms with van der Waals surface area (Å²) in [6.07, 6.45) is 3.58. The number of aryl methyl sites for hydroxylation is 1. The van der Waals surface area contributed by atoms with Gasteiger partial charge < -0.3 is 5.73 Å². The molecule has 0 saturated heterocycles. The minimum Gasteiger partial charge on any atom is -0.384 e. The van der Waals surface area contributed by atoms with E-state index in [9.17, 15) is 8.42 Å². The molecule has 0 bridgehead atoms. The van der Waals surface area contributed by atoms with Crippen molar-refractivity contribution in [1.29, 1.82) is 0 Å². The Morgan fingerprint density at radius 1 is 1.37 bits per heavy atom. The topological polar surface area (TPSA) is 103 Å². The Kier molecular flexibility index (Phi) is 3.82. The lowest BCUT2D eigenvalue weighted by Crippen LogP contribution is -2.26. The number of pyridine rings is 1. The Hall–Kier alpha value is -1.93. The third kappa shape index (κ3) is 3.52. The number of aromatic nitrogens is 3. The van der Waals surface area contributed by atoms with Gasteiger partial charge in [0.05, 0.1) is 5.69 Å². The molecule has 0 aliphatic carbocycles. The van der Waals surface area contributed by atoms with Gasteiger partial charge in [-0.2, -0.15) is 5.10 Å². The van der Waals surface area contributed by atoms with Crippen molar-refractivity contribution in [1.82, 2.24) is 19.5 Å². The van der Waals surface area contributed by atoms with Crippen LogP contribution >= 0.6 is 0 Å². The van der Waals surface area contributed by atoms with Gasteiger partial charge in [-0.3, -0.25) is 4.68 Å². The smallest absolute Gasteiger partial charge is 0.242 e. The Labute approximate surface area is 111 Å². The van der Waals surface area contributed by atoms with Gasteiger partial charge >= 0.3 is 0 Å². The highest BCUT2D eigenvalue weighted by atomic mass is 32.2. The number of nitrogens with one attached hydrogen (secondary N) is 1. The monoisotopic (exact) mass is 281 g/mol. The number of hydrogen-bond acceptors (Lipinski definition) is 5. The minimum absolute atomic E-state index is 0.0997. The largest absolute Gasteiger partial charge is 0.384 e. The maximum atomic E-state index is 11.9. The normalized spacial score (nSPS) is 11.6. The van der Waals surface area contributed by atoms with Gasteiger partial charge in [-0.1, -0.05) is 0 Å². The molecule has 0 atom stereocenters. The van der Waals surface area contributed by atoms with Crippen LogP contribution in [0.1, 0.15) is 5.69 Å². The van der Waals surface area contributed by atoms with Gasteiger partial charge in [-0.05, 0) is 18.2 Å². The molecule has 8 heteroatoms. The first-order chi connectivity index (χ1) is 8.97. The Bertz CT molecular complexity index is 648. The first kappa shape index (κ1) is 13.5. The number of nitrogens with zero attached hydrogens (tertiary/aromatic N) is 3. The van der Waals surface area contributed by atoms with Crippen LogP contribution in [0.4, 0.5) is 5.82 Å². The van der Waals surface area contributed by atoms with Crippen molar-refractivity contribution < 1.29 is 8.42 Å². The highest BCUT2D eigenvalue weighted by Gasteiger charge is 2.13. The third-order valence-electron chi connectivity index (χ3n) is 2.51. The average Bonchev–Trinajstić information content (AvgIpc) is 2.75. The van der Waals surface area contributed by atoms with E-state index in [1.54, 1.807) is 4.68 Å². The fourth-order valence-corrected chi connectivity index (χ4v) is 2.52. The molecular weight excluding hydrogens is 266 g/mol. The summed E-state index contributed by atoms with van der Waals surface area (Å²) in [5.74, 6) is 0.285. The van der Waals surface area contributed by atoms with Crippen LogP contribution < -0.4 is 10.5 Å². The standard InChI is InChI=1S/C11H15N5O2S/c1-16-7-5-9(15-16)4-6-14-19(17,18)10-2-3-11(12)13-8-10/h2-3,5,7-8,14H,4,6H2,1H3,(H2,12,13). The first-order valence-electron chi connectivity index (χ1n) is 5.67. The molecule has 0 unspecified atom stereocenters. The van der Waals surface area contributed by atoms with Crippen LogP contribution in [0.15, 0.2) is 35.5 Å². The highest BCUT2D eigenvalue weighted by molar-refractivity contribution is 7.89. The van der Waals surface area contributed by atoms with Gasteiger partial charge in [0.1, 0.15) is 10.7 Å². The van der Waals surface area contributed by atoms with Crippen LogP contribution in [0.3, 0.4) is 0 Å². The lowest BCUT2D eigenvalue weighted by atomic mass is 10.3. The summed E-state index contributed by atoms with van der Waals surface area (Å²) >= 11 is 0. The number of rotatable bonds is 5. The SMILES string of the molecule is Cn1ccc(CCNS(=O)(=O)c2ccc(N)nc2)n1. The molecule has 2 aromatic rings. The van der Waals surface area contributed by atoms with E-state index in [1.165, 1.54) is 18.3 Å². The van der Waals surface area contributed by atoms with Crippen molar-refractivity contribution in [3.8, 4) is 0 Å². The summed E-state index contributed by atoms with van der Waals surface area (Å²) in [5.41, 5.74) is 6.25. The molecule has 0 radical (unpaired) electrons. The summed E-state index contributed by atoms with van der Waals surface area (Å²) in [7, 11) is -1.73. The van der Waals surface area contributed by atoms with Crippen molar-refractivity contribution in [2.75, 3.05) is 12.3 Å². The van der Waals surface area contributed by atoms with E-state index < -0.39 is 10.0 Å². The zero-order valence-electron chi connectivity index (χ0n) is 10.4. The second-order valence-corrected chi connectivity index (χ2v) is 5.81. The summed E-state index contributed by atoms with van der Waals surface area (Å²) in [5, 5.41) is 4.17. The molecular formula is C11H15N5O2S. The van der Waals surface area contributed by atoms with Crippen LogP contribution in [0.25, 0.3) is 0 Å². The van der Waals surface area contributed by atoms with Gasteiger partial charge in [-0.15, -0.1) is 0 Å². The molecule has 2 rings (SSSR count). The molecule has 0 fully saturated rings. The average molecular weight is 281 g/mol. The number of anilines is 1. The van der Waals surface area contributed by atoms with Crippen molar-refractivity contribution in [3.05, 3.63) is 36.3 Å². The van der Waals surface area contributed by atoms with E-state index in [1.807, 2.05) is 19.3 Å². The predicted molar refractivity (Wildman–Crippen MR) is 70.7 cm³/mol. The third-order valence-corrected chi connectivity index (χ3v) is 3.96. The van der Waals surface area contributed by atoms with Crippen LogP contribution in [0.2, 0.25) is 0 Å². The number of hydrogen-bond donors (Lipinski definition) is 2. The molecule has 0 aliphatic heterocycles. The molecule has 19 heavy (non-hydrogen) atoms. The molecule has 102 valence electrons. The van der Waals surface area contributed by atoms with Gasteiger partial charge in [0, 0.05) is 32.4 Å². The summed E-state index contributed by atoms with van der Waals surface area (Å²) in [4.78, 5) is 3.86. The van der Waals surface area contributed by atoms with Gasteiger partial charge in [0.15, 0.2) is 0 Å². The molecule has 2 heterocycles. The zero-order chi connectivity index (χ0) is 13.9. The predicted octanol–water partition coefficient (Wildman–Crippen LogP) is -0.0817. The van der Waals surface area contributed by atoms with E-state index in [2.05, 4.69) is 14.8 Å². The van der Waals surface area contributed by atoms with Gasteiger partial charge in [-0.25, -0.2) is 18.1 Å². The summed E-state index contributed by atoms with van der Waals surface area (Å²) in [6, 6.07) is 4.72. The molecule has 0 amide bonds. The molecule has 7 nitrogen and oxygen atoms in total. The summed E-state index contributed by atoms with van der Waals surface area (Å²) < 4.78 is 28.0. The van der Waals surface area contributed by atoms with Crippen molar-refractivity contribution in [3.63, 3.8) is 0 Å². The van der Waals surface area contributed by atoms with Crippen LogP contribution in [0, 0.1) is 0 Å². The van der Waals surface area contributed by atoms with Crippen LogP contribution in [0.5, 0.6) is 0 Å². The van der Waals surface area contributed by atoms with Crippen molar-refractivity contribution >= 4 is 15.8 Å². The number of nitrogens with two attached hydrogens (primary N) is 1. The molecule has 0 spiro atoms. The fourth-order valence-electron chi connectivity index (χ4n) is 1.54. The van der Waals surface area contributed by atoms with E-state index >= 15 is 0 Å². The lowest BCUT2D eigenvalue weighted by Gasteiger charge is -2.05. The second kappa shape index (κ2) is 5.37. The Morgan fingerprint density at radius 2 is 2.16 bits per heavy atom. The molecule has 0 aromatic carbocycles. The van der Waals surface area contributed by atoms with E-state index in [4.69, 9.17) is 5.73 Å². The van der Waals surface area contributed by atoms with Gasteiger partial charge in [0.25, 0.3) is 0 Å². The maximum Gasteiger partial charge on any atom is 0.242 e. The highest BCUT2D eigenvalue weighted by Crippen LogP contribution is 2.08. The number of nitrogen functional groups attached to an aromatic ring is 1. The van der Waals surface area contributed by atoms with Crippen molar-refractivity contribution in [2.45, 2.75) is 11.3 Å². The van der Waals surface area contributed by atoms with Gasteiger partial charge in [0.2, 0.25) is 10.0 Å². The van der Waals surface area contributed by atoms with E-state index in [0.717, 1.165) is 5.69 Å². The second-order valence-electron chi connectivity index (χ2n) is 4.05. The lowest BCUT2D eigenvalue weighted by molar-refractivity contribution is 0.580. The molecule has 0 saturated carbocycles. The first-order valence-corrected chi connectivity index (χ1v) is 7.15. The number of sulfonamides is 1. The summed E-state index contributed by atoms with van der Waals surface area (Å²) in [6.45, 7) is 0.281. The minimum atomic E-state index is -3.54. The fraction of sp³-hybridized carbons (Fsp3) is 0.273.